The van der Waals surface area contributed by atoms with E-state index in [9.17, 15) is 0 Å². The largest absolute Gasteiger partial charge is 0.334 e. The number of halogens is 1. The summed E-state index contributed by atoms with van der Waals surface area (Å²) in [6.45, 7) is 4.89. The van der Waals surface area contributed by atoms with Gasteiger partial charge in [0.05, 0.1) is 6.54 Å². The van der Waals surface area contributed by atoms with Crippen molar-refractivity contribution in [2.75, 3.05) is 13.1 Å². The molecule has 2 aromatic rings. The van der Waals surface area contributed by atoms with Crippen molar-refractivity contribution in [1.82, 2.24) is 15.0 Å². The standard InChI is InChI=1S/C15H20N4O.ClH/c1-11(16)13-7-8-19(9-13)10-14-17-15(20-18-14)12-5-3-2-4-6-12;/h2-6,11,13H,7-10,16H2,1H3;1H. The molecule has 114 valence electrons. The molecule has 2 heterocycles. The molecule has 3 rings (SSSR count). The van der Waals surface area contributed by atoms with Gasteiger partial charge in [0.2, 0.25) is 0 Å². The zero-order chi connectivity index (χ0) is 13.9. The summed E-state index contributed by atoms with van der Waals surface area (Å²) in [5.74, 6) is 1.91. The van der Waals surface area contributed by atoms with Gasteiger partial charge in [-0.3, -0.25) is 4.90 Å². The number of hydrogen-bond acceptors (Lipinski definition) is 5. The van der Waals surface area contributed by atoms with E-state index in [1.165, 1.54) is 0 Å². The Labute approximate surface area is 130 Å². The van der Waals surface area contributed by atoms with Crippen LogP contribution in [0.15, 0.2) is 34.9 Å². The second-order valence-corrected chi connectivity index (χ2v) is 5.52. The Morgan fingerprint density at radius 2 is 2.14 bits per heavy atom. The zero-order valence-corrected chi connectivity index (χ0v) is 12.9. The lowest BCUT2D eigenvalue weighted by Gasteiger charge is -2.15. The minimum Gasteiger partial charge on any atom is -0.334 e. The van der Waals surface area contributed by atoms with Crippen LogP contribution in [0, 0.1) is 5.92 Å². The van der Waals surface area contributed by atoms with E-state index in [0.717, 1.165) is 37.4 Å². The molecular formula is C15H21ClN4O. The van der Waals surface area contributed by atoms with Gasteiger partial charge >= 0.3 is 0 Å². The normalized spacial score (nSPS) is 20.2. The lowest BCUT2D eigenvalue weighted by molar-refractivity contribution is 0.294. The minimum absolute atomic E-state index is 0. The van der Waals surface area contributed by atoms with Gasteiger partial charge in [0.15, 0.2) is 5.82 Å². The summed E-state index contributed by atoms with van der Waals surface area (Å²) in [5, 5.41) is 4.07. The number of benzene rings is 1. The molecule has 5 nitrogen and oxygen atoms in total. The number of nitrogens with zero attached hydrogens (tertiary/aromatic N) is 3. The predicted molar refractivity (Wildman–Crippen MR) is 84.0 cm³/mol. The summed E-state index contributed by atoms with van der Waals surface area (Å²) in [7, 11) is 0. The fourth-order valence-electron chi connectivity index (χ4n) is 2.65. The molecule has 1 aromatic heterocycles. The maximum atomic E-state index is 5.96. The monoisotopic (exact) mass is 308 g/mol. The molecule has 6 heteroatoms. The van der Waals surface area contributed by atoms with Crippen LogP contribution < -0.4 is 5.73 Å². The Balaban J connectivity index is 0.00000161. The van der Waals surface area contributed by atoms with E-state index >= 15 is 0 Å². The fourth-order valence-corrected chi connectivity index (χ4v) is 2.65. The van der Waals surface area contributed by atoms with Crippen LogP contribution >= 0.6 is 12.4 Å². The molecule has 1 fully saturated rings. The van der Waals surface area contributed by atoms with Crippen LogP contribution in [-0.2, 0) is 6.54 Å². The van der Waals surface area contributed by atoms with E-state index in [4.69, 9.17) is 10.3 Å². The third kappa shape index (κ3) is 3.81. The number of hydrogen-bond donors (Lipinski definition) is 1. The summed E-state index contributed by atoms with van der Waals surface area (Å²) < 4.78 is 5.32. The van der Waals surface area contributed by atoms with Crippen molar-refractivity contribution in [3.8, 4) is 11.5 Å². The van der Waals surface area contributed by atoms with Crippen molar-refractivity contribution >= 4 is 12.4 Å². The summed E-state index contributed by atoms with van der Waals surface area (Å²) in [4.78, 5) is 6.80. The van der Waals surface area contributed by atoms with Crippen LogP contribution in [0.4, 0.5) is 0 Å². The van der Waals surface area contributed by atoms with Crippen LogP contribution in [0.25, 0.3) is 11.5 Å². The highest BCUT2D eigenvalue weighted by Crippen LogP contribution is 2.21. The summed E-state index contributed by atoms with van der Waals surface area (Å²) >= 11 is 0. The highest BCUT2D eigenvalue weighted by molar-refractivity contribution is 5.85. The van der Waals surface area contributed by atoms with Crippen molar-refractivity contribution in [3.05, 3.63) is 36.2 Å². The fraction of sp³-hybridized carbons (Fsp3) is 0.467. The zero-order valence-electron chi connectivity index (χ0n) is 12.1. The topological polar surface area (TPSA) is 68.2 Å². The van der Waals surface area contributed by atoms with Crippen LogP contribution in [0.2, 0.25) is 0 Å². The van der Waals surface area contributed by atoms with Gasteiger partial charge in [-0.1, -0.05) is 23.4 Å². The Bertz CT molecular complexity index is 558. The van der Waals surface area contributed by atoms with Gasteiger partial charge in [0.1, 0.15) is 0 Å². The van der Waals surface area contributed by atoms with Gasteiger partial charge in [-0.2, -0.15) is 4.98 Å². The van der Waals surface area contributed by atoms with Gasteiger partial charge in [0, 0.05) is 18.2 Å². The molecule has 1 aliphatic heterocycles. The van der Waals surface area contributed by atoms with Gasteiger partial charge < -0.3 is 10.3 Å². The van der Waals surface area contributed by atoms with Crippen LogP contribution in [-0.4, -0.2) is 34.2 Å². The van der Waals surface area contributed by atoms with E-state index < -0.39 is 0 Å². The number of likely N-dealkylation sites (tertiary alicyclic amines) is 1. The van der Waals surface area contributed by atoms with Crippen molar-refractivity contribution in [1.29, 1.82) is 0 Å². The summed E-state index contributed by atoms with van der Waals surface area (Å²) in [6.07, 6.45) is 1.15. The molecule has 2 unspecified atom stereocenters. The first-order valence-corrected chi connectivity index (χ1v) is 7.08. The maximum Gasteiger partial charge on any atom is 0.257 e. The lowest BCUT2D eigenvalue weighted by Crippen LogP contribution is -2.29. The SMILES string of the molecule is CC(N)C1CCN(Cc2noc(-c3ccccc3)n2)C1.Cl. The minimum atomic E-state index is 0. The van der Waals surface area contributed by atoms with E-state index in [1.54, 1.807) is 0 Å². The maximum absolute atomic E-state index is 5.96. The Morgan fingerprint density at radius 3 is 2.81 bits per heavy atom. The highest BCUT2D eigenvalue weighted by Gasteiger charge is 2.26. The van der Waals surface area contributed by atoms with E-state index in [2.05, 4.69) is 22.0 Å². The van der Waals surface area contributed by atoms with E-state index in [-0.39, 0.29) is 18.4 Å². The third-order valence-corrected chi connectivity index (χ3v) is 3.91. The molecule has 0 radical (unpaired) electrons. The van der Waals surface area contributed by atoms with Crippen LogP contribution in [0.5, 0.6) is 0 Å². The molecule has 1 aliphatic rings. The van der Waals surface area contributed by atoms with Crippen molar-refractivity contribution in [2.24, 2.45) is 11.7 Å². The van der Waals surface area contributed by atoms with Gasteiger partial charge in [-0.15, -0.1) is 12.4 Å². The first-order valence-electron chi connectivity index (χ1n) is 7.08. The molecule has 0 aliphatic carbocycles. The first kappa shape index (κ1) is 15.9. The average molecular weight is 309 g/mol. The number of aromatic nitrogens is 2. The first-order chi connectivity index (χ1) is 9.72. The number of rotatable bonds is 4. The molecule has 0 spiro atoms. The Morgan fingerprint density at radius 1 is 1.38 bits per heavy atom. The average Bonchev–Trinajstić information content (AvgIpc) is 3.10. The second-order valence-electron chi connectivity index (χ2n) is 5.52. The molecule has 0 bridgehead atoms. The van der Waals surface area contributed by atoms with E-state index in [0.29, 0.717) is 11.8 Å². The molecule has 0 saturated carbocycles. The smallest absolute Gasteiger partial charge is 0.257 e. The van der Waals surface area contributed by atoms with Crippen LogP contribution in [0.1, 0.15) is 19.2 Å². The predicted octanol–water partition coefficient (Wildman–Crippen LogP) is 2.33. The van der Waals surface area contributed by atoms with Crippen molar-refractivity contribution in [3.63, 3.8) is 0 Å². The second kappa shape index (κ2) is 7.02. The quantitative estimate of drug-likeness (QED) is 0.939. The van der Waals surface area contributed by atoms with Crippen molar-refractivity contribution in [2.45, 2.75) is 25.9 Å². The highest BCUT2D eigenvalue weighted by atomic mass is 35.5. The van der Waals surface area contributed by atoms with Gasteiger partial charge in [0.25, 0.3) is 5.89 Å². The Hall–Kier alpha value is -1.43. The molecule has 0 amide bonds. The molecule has 1 aromatic carbocycles. The molecular weight excluding hydrogens is 288 g/mol. The van der Waals surface area contributed by atoms with Gasteiger partial charge in [-0.25, -0.2) is 0 Å². The summed E-state index contributed by atoms with van der Waals surface area (Å²) in [6, 6.07) is 10.1. The van der Waals surface area contributed by atoms with Crippen LogP contribution in [0.3, 0.4) is 0 Å². The molecule has 21 heavy (non-hydrogen) atoms. The molecule has 2 N–H and O–H groups in total. The molecule has 2 atom stereocenters. The molecule has 1 saturated heterocycles. The van der Waals surface area contributed by atoms with Crippen molar-refractivity contribution < 1.29 is 4.52 Å². The Kier molecular flexibility index (Phi) is 5.33. The summed E-state index contributed by atoms with van der Waals surface area (Å²) in [5.41, 5.74) is 6.92. The van der Waals surface area contributed by atoms with Gasteiger partial charge in [-0.05, 0) is 37.9 Å². The third-order valence-electron chi connectivity index (χ3n) is 3.91. The lowest BCUT2D eigenvalue weighted by atomic mass is 10.0. The van der Waals surface area contributed by atoms with E-state index in [1.807, 2.05) is 30.3 Å². The number of nitrogens with two attached hydrogens (primary N) is 1.